The molecule has 2 aromatic heterocycles. The lowest BCUT2D eigenvalue weighted by Gasteiger charge is -2.18. The summed E-state index contributed by atoms with van der Waals surface area (Å²) in [5, 5.41) is 13.5. The molecule has 0 saturated carbocycles. The minimum absolute atomic E-state index is 0.121. The Morgan fingerprint density at radius 3 is 2.61 bits per heavy atom. The predicted molar refractivity (Wildman–Crippen MR) is 106 cm³/mol. The van der Waals surface area contributed by atoms with Crippen molar-refractivity contribution in [1.29, 1.82) is 5.26 Å². The number of carbonyl (C=O) groups excluding carboxylic acids is 1. The molecular weight excluding hydrogens is 352 g/mol. The molecular formula is C22H22N4O2. The van der Waals surface area contributed by atoms with Crippen molar-refractivity contribution in [2.45, 2.75) is 34.2 Å². The van der Waals surface area contributed by atoms with Crippen molar-refractivity contribution in [2.24, 2.45) is 0 Å². The van der Waals surface area contributed by atoms with Gasteiger partial charge in [-0.3, -0.25) is 9.78 Å². The average molecular weight is 374 g/mol. The standard InChI is InChI=1S/C22H22N4O2/c1-13-9-14(2)24-21(19(13)11-23)17-7-6-8-18(10-17)22(27)26(5)12-20-15(3)25-28-16(20)4/h6-10H,12H2,1-5H3. The Morgan fingerprint density at radius 1 is 1.21 bits per heavy atom. The van der Waals surface area contributed by atoms with E-state index in [-0.39, 0.29) is 5.91 Å². The van der Waals surface area contributed by atoms with Gasteiger partial charge >= 0.3 is 0 Å². The van der Waals surface area contributed by atoms with Crippen molar-refractivity contribution in [3.63, 3.8) is 0 Å². The summed E-state index contributed by atoms with van der Waals surface area (Å²) in [6, 6.07) is 11.3. The first-order chi connectivity index (χ1) is 13.3. The van der Waals surface area contributed by atoms with Gasteiger partial charge in [0, 0.05) is 29.4 Å². The molecule has 0 aliphatic rings. The van der Waals surface area contributed by atoms with Gasteiger partial charge in [0.1, 0.15) is 11.8 Å². The predicted octanol–water partition coefficient (Wildman–Crippen LogP) is 4.11. The van der Waals surface area contributed by atoms with E-state index in [2.05, 4.69) is 16.2 Å². The third-order valence-corrected chi connectivity index (χ3v) is 4.76. The largest absolute Gasteiger partial charge is 0.361 e. The Labute approximate surface area is 164 Å². The normalized spacial score (nSPS) is 10.6. The smallest absolute Gasteiger partial charge is 0.253 e. The van der Waals surface area contributed by atoms with E-state index in [0.29, 0.717) is 29.1 Å². The van der Waals surface area contributed by atoms with Gasteiger partial charge in [-0.05, 0) is 51.5 Å². The van der Waals surface area contributed by atoms with Crippen LogP contribution in [0.3, 0.4) is 0 Å². The fraction of sp³-hybridized carbons (Fsp3) is 0.273. The highest BCUT2D eigenvalue weighted by atomic mass is 16.5. The number of benzene rings is 1. The van der Waals surface area contributed by atoms with E-state index >= 15 is 0 Å². The molecule has 3 rings (SSSR count). The molecule has 28 heavy (non-hydrogen) atoms. The molecule has 2 heterocycles. The number of hydrogen-bond acceptors (Lipinski definition) is 5. The number of nitriles is 1. The summed E-state index contributed by atoms with van der Waals surface area (Å²) >= 11 is 0. The van der Waals surface area contributed by atoms with Crippen LogP contribution >= 0.6 is 0 Å². The molecule has 0 fully saturated rings. The summed E-state index contributed by atoms with van der Waals surface area (Å²) in [6.45, 7) is 7.89. The van der Waals surface area contributed by atoms with Gasteiger partial charge in [0.25, 0.3) is 5.91 Å². The Balaban J connectivity index is 1.94. The maximum atomic E-state index is 13.0. The lowest BCUT2D eigenvalue weighted by molar-refractivity contribution is 0.0784. The summed E-state index contributed by atoms with van der Waals surface area (Å²) in [4.78, 5) is 19.1. The number of aromatic nitrogens is 2. The zero-order valence-electron chi connectivity index (χ0n) is 16.7. The molecule has 0 atom stereocenters. The topological polar surface area (TPSA) is 83.0 Å². The highest BCUT2D eigenvalue weighted by Crippen LogP contribution is 2.26. The van der Waals surface area contributed by atoms with Crippen molar-refractivity contribution in [3.8, 4) is 17.3 Å². The maximum Gasteiger partial charge on any atom is 0.253 e. The van der Waals surface area contributed by atoms with Crippen LogP contribution in [0.25, 0.3) is 11.3 Å². The first-order valence-corrected chi connectivity index (χ1v) is 8.97. The lowest BCUT2D eigenvalue weighted by Crippen LogP contribution is -2.26. The number of nitrogens with zero attached hydrogens (tertiary/aromatic N) is 4. The molecule has 0 radical (unpaired) electrons. The highest BCUT2D eigenvalue weighted by molar-refractivity contribution is 5.95. The zero-order valence-corrected chi connectivity index (χ0v) is 16.7. The third-order valence-electron chi connectivity index (χ3n) is 4.76. The van der Waals surface area contributed by atoms with Crippen LogP contribution in [-0.4, -0.2) is 28.0 Å². The monoisotopic (exact) mass is 374 g/mol. The summed E-state index contributed by atoms with van der Waals surface area (Å²) < 4.78 is 5.18. The van der Waals surface area contributed by atoms with Crippen LogP contribution in [0.2, 0.25) is 0 Å². The molecule has 0 bridgehead atoms. The van der Waals surface area contributed by atoms with Crippen LogP contribution in [0.15, 0.2) is 34.9 Å². The minimum atomic E-state index is -0.121. The second-order valence-corrected chi connectivity index (χ2v) is 6.96. The van der Waals surface area contributed by atoms with Gasteiger partial charge in [0.2, 0.25) is 0 Å². The van der Waals surface area contributed by atoms with Crippen molar-refractivity contribution in [1.82, 2.24) is 15.0 Å². The van der Waals surface area contributed by atoms with E-state index < -0.39 is 0 Å². The van der Waals surface area contributed by atoms with Gasteiger partial charge in [0.15, 0.2) is 0 Å². The molecule has 0 aliphatic heterocycles. The summed E-state index contributed by atoms with van der Waals surface area (Å²) in [5.41, 5.74) is 5.81. The number of aryl methyl sites for hydroxylation is 4. The van der Waals surface area contributed by atoms with Crippen LogP contribution in [0.4, 0.5) is 0 Å². The van der Waals surface area contributed by atoms with Crippen molar-refractivity contribution < 1.29 is 9.32 Å². The maximum absolute atomic E-state index is 13.0. The van der Waals surface area contributed by atoms with Gasteiger partial charge in [-0.25, -0.2) is 0 Å². The number of rotatable bonds is 4. The second-order valence-electron chi connectivity index (χ2n) is 6.96. The van der Waals surface area contributed by atoms with Gasteiger partial charge in [-0.15, -0.1) is 0 Å². The molecule has 0 unspecified atom stereocenters. The Kier molecular flexibility index (Phi) is 5.27. The van der Waals surface area contributed by atoms with E-state index in [1.165, 1.54) is 0 Å². The molecule has 0 aliphatic carbocycles. The van der Waals surface area contributed by atoms with E-state index in [1.807, 2.05) is 45.9 Å². The lowest BCUT2D eigenvalue weighted by atomic mass is 10.00. The first kappa shape index (κ1) is 19.3. The fourth-order valence-corrected chi connectivity index (χ4v) is 3.24. The van der Waals surface area contributed by atoms with Crippen LogP contribution in [0, 0.1) is 39.0 Å². The Morgan fingerprint density at radius 2 is 1.96 bits per heavy atom. The SMILES string of the molecule is Cc1cc(C)c(C#N)c(-c2cccc(C(=O)N(C)Cc3c(C)noc3C)c2)n1. The molecule has 6 nitrogen and oxygen atoms in total. The quantitative estimate of drug-likeness (QED) is 0.686. The molecule has 142 valence electrons. The van der Waals surface area contributed by atoms with Gasteiger partial charge in [-0.2, -0.15) is 5.26 Å². The molecule has 1 aromatic carbocycles. The molecule has 0 saturated heterocycles. The Bertz CT molecular complexity index is 1070. The molecule has 0 N–H and O–H groups in total. The van der Waals surface area contributed by atoms with E-state index in [0.717, 1.165) is 28.1 Å². The average Bonchev–Trinajstić information content (AvgIpc) is 2.99. The number of pyridine rings is 1. The van der Waals surface area contributed by atoms with Crippen LogP contribution in [0.1, 0.15) is 44.2 Å². The summed E-state index contributed by atoms with van der Waals surface area (Å²) in [6.07, 6.45) is 0. The number of carbonyl (C=O) groups is 1. The van der Waals surface area contributed by atoms with Crippen LogP contribution in [0.5, 0.6) is 0 Å². The van der Waals surface area contributed by atoms with Gasteiger partial charge < -0.3 is 9.42 Å². The summed E-state index contributed by atoms with van der Waals surface area (Å²) in [7, 11) is 1.75. The van der Waals surface area contributed by atoms with Crippen molar-refractivity contribution in [3.05, 3.63) is 69.7 Å². The zero-order chi connectivity index (χ0) is 20.4. The van der Waals surface area contributed by atoms with Crippen LogP contribution in [-0.2, 0) is 6.54 Å². The number of hydrogen-bond donors (Lipinski definition) is 0. The van der Waals surface area contributed by atoms with E-state index in [1.54, 1.807) is 24.1 Å². The highest BCUT2D eigenvalue weighted by Gasteiger charge is 2.18. The van der Waals surface area contributed by atoms with Crippen molar-refractivity contribution >= 4 is 5.91 Å². The van der Waals surface area contributed by atoms with Gasteiger partial charge in [0.05, 0.1) is 23.5 Å². The fourth-order valence-electron chi connectivity index (χ4n) is 3.24. The van der Waals surface area contributed by atoms with Crippen LogP contribution < -0.4 is 0 Å². The number of amides is 1. The second kappa shape index (κ2) is 7.65. The van der Waals surface area contributed by atoms with E-state index in [9.17, 15) is 10.1 Å². The third kappa shape index (κ3) is 3.65. The first-order valence-electron chi connectivity index (χ1n) is 8.97. The molecule has 3 aromatic rings. The molecule has 0 spiro atoms. The van der Waals surface area contributed by atoms with Crippen molar-refractivity contribution in [2.75, 3.05) is 7.05 Å². The Hall–Kier alpha value is -3.46. The molecule has 6 heteroatoms. The summed E-state index contributed by atoms with van der Waals surface area (Å²) in [5.74, 6) is 0.591. The van der Waals surface area contributed by atoms with E-state index in [4.69, 9.17) is 4.52 Å². The minimum Gasteiger partial charge on any atom is -0.361 e. The molecule has 1 amide bonds. The van der Waals surface area contributed by atoms with Gasteiger partial charge in [-0.1, -0.05) is 17.3 Å².